The van der Waals surface area contributed by atoms with E-state index in [0.29, 0.717) is 12.1 Å². The van der Waals surface area contributed by atoms with Crippen molar-refractivity contribution >= 4 is 0 Å². The molecule has 0 aromatic heterocycles. The zero-order chi connectivity index (χ0) is 10.3. The first-order chi connectivity index (χ1) is 7.33. The normalized spacial score (nSPS) is 25.0. The zero-order valence-electron chi connectivity index (χ0n) is 8.80. The molecular formula is C13H16FN. The second kappa shape index (κ2) is 3.60. The van der Waals surface area contributed by atoms with Crippen molar-refractivity contribution in [3.05, 3.63) is 35.1 Å². The number of aryl methyl sites for hydroxylation is 1. The van der Waals surface area contributed by atoms with E-state index in [1.165, 1.54) is 30.4 Å². The molecule has 1 saturated carbocycles. The molecule has 1 N–H and O–H groups in total. The van der Waals surface area contributed by atoms with Crippen molar-refractivity contribution in [1.29, 1.82) is 0 Å². The molecule has 2 aliphatic carbocycles. The molecule has 0 bridgehead atoms. The van der Waals surface area contributed by atoms with Crippen molar-refractivity contribution in [2.75, 3.05) is 0 Å². The van der Waals surface area contributed by atoms with Gasteiger partial charge in [0.25, 0.3) is 0 Å². The highest BCUT2D eigenvalue weighted by atomic mass is 19.1. The Kier molecular flexibility index (Phi) is 2.24. The van der Waals surface area contributed by atoms with Gasteiger partial charge in [0.05, 0.1) is 0 Å². The summed E-state index contributed by atoms with van der Waals surface area (Å²) in [7, 11) is 0. The minimum atomic E-state index is -0.0990. The number of benzene rings is 1. The van der Waals surface area contributed by atoms with Crippen LogP contribution in [0.3, 0.4) is 0 Å². The van der Waals surface area contributed by atoms with Gasteiger partial charge in [-0.3, -0.25) is 0 Å². The molecule has 2 aliphatic rings. The predicted molar refractivity (Wildman–Crippen MR) is 58.2 cm³/mol. The van der Waals surface area contributed by atoms with Crippen molar-refractivity contribution < 1.29 is 4.39 Å². The summed E-state index contributed by atoms with van der Waals surface area (Å²) in [5.41, 5.74) is 2.52. The maximum Gasteiger partial charge on any atom is 0.123 e. The largest absolute Gasteiger partial charge is 0.307 e. The molecule has 15 heavy (non-hydrogen) atoms. The molecule has 0 aliphatic heterocycles. The molecule has 2 heteroatoms. The maximum atomic E-state index is 13.0. The lowest BCUT2D eigenvalue weighted by molar-refractivity contribution is 0.304. The first-order valence-corrected chi connectivity index (χ1v) is 5.87. The summed E-state index contributed by atoms with van der Waals surface area (Å²) < 4.78 is 13.0. The van der Waals surface area contributed by atoms with Gasteiger partial charge in [0, 0.05) is 12.1 Å². The quantitative estimate of drug-likeness (QED) is 0.782. The second-order valence-corrected chi connectivity index (χ2v) is 4.73. The van der Waals surface area contributed by atoms with Crippen LogP contribution in [0, 0.1) is 5.82 Å². The van der Waals surface area contributed by atoms with Crippen LogP contribution in [0.25, 0.3) is 0 Å². The molecule has 1 aromatic carbocycles. The van der Waals surface area contributed by atoms with E-state index in [9.17, 15) is 4.39 Å². The van der Waals surface area contributed by atoms with E-state index in [-0.39, 0.29) is 5.82 Å². The van der Waals surface area contributed by atoms with Gasteiger partial charge < -0.3 is 5.32 Å². The Labute approximate surface area is 89.7 Å². The molecule has 0 radical (unpaired) electrons. The summed E-state index contributed by atoms with van der Waals surface area (Å²) in [5.74, 6) is -0.0990. The molecular weight excluding hydrogens is 189 g/mol. The van der Waals surface area contributed by atoms with Crippen molar-refractivity contribution in [2.24, 2.45) is 0 Å². The molecule has 80 valence electrons. The molecule has 0 spiro atoms. The molecule has 0 heterocycles. The summed E-state index contributed by atoms with van der Waals surface area (Å²) in [6, 6.07) is 6.42. The summed E-state index contributed by atoms with van der Waals surface area (Å²) in [6.45, 7) is 0. The molecule has 0 amide bonds. The average molecular weight is 205 g/mol. The standard InChI is InChI=1S/C13H16FN/c14-10-5-6-12-9(8-10)4-7-13(12)15-11-2-1-3-11/h5-6,8,11,13,15H,1-4,7H2. The van der Waals surface area contributed by atoms with E-state index in [1.807, 2.05) is 6.07 Å². The van der Waals surface area contributed by atoms with Gasteiger partial charge in [0.2, 0.25) is 0 Å². The highest BCUT2D eigenvalue weighted by Crippen LogP contribution is 2.33. The van der Waals surface area contributed by atoms with Crippen LogP contribution in [-0.2, 0) is 6.42 Å². The molecule has 1 atom stereocenters. The molecule has 1 fully saturated rings. The summed E-state index contributed by atoms with van der Waals surface area (Å²) in [5, 5.41) is 3.67. The number of nitrogens with one attached hydrogen (secondary N) is 1. The Hall–Kier alpha value is -0.890. The van der Waals surface area contributed by atoms with Crippen molar-refractivity contribution in [2.45, 2.75) is 44.2 Å². The van der Waals surface area contributed by atoms with Crippen molar-refractivity contribution in [3.8, 4) is 0 Å². The number of hydrogen-bond acceptors (Lipinski definition) is 1. The summed E-state index contributed by atoms with van der Waals surface area (Å²) in [6.07, 6.45) is 6.15. The third-order valence-electron chi connectivity index (χ3n) is 3.72. The molecule has 1 aromatic rings. The highest BCUT2D eigenvalue weighted by molar-refractivity contribution is 5.35. The van der Waals surface area contributed by atoms with Gasteiger partial charge in [0.15, 0.2) is 0 Å². The van der Waals surface area contributed by atoms with E-state index in [0.717, 1.165) is 12.8 Å². The third kappa shape index (κ3) is 1.67. The fraction of sp³-hybridized carbons (Fsp3) is 0.538. The van der Waals surface area contributed by atoms with Crippen LogP contribution in [0.1, 0.15) is 42.9 Å². The van der Waals surface area contributed by atoms with Gasteiger partial charge in [-0.05, 0) is 48.9 Å². The first-order valence-electron chi connectivity index (χ1n) is 5.87. The van der Waals surface area contributed by atoms with Crippen molar-refractivity contribution in [1.82, 2.24) is 5.32 Å². The SMILES string of the molecule is Fc1ccc2c(c1)CCC2NC1CCC1. The fourth-order valence-corrected chi connectivity index (χ4v) is 2.62. The van der Waals surface area contributed by atoms with Crippen LogP contribution in [-0.4, -0.2) is 6.04 Å². The summed E-state index contributed by atoms with van der Waals surface area (Å²) >= 11 is 0. The van der Waals surface area contributed by atoms with E-state index in [4.69, 9.17) is 0 Å². The lowest BCUT2D eigenvalue weighted by Gasteiger charge is -2.30. The number of rotatable bonds is 2. The number of hydrogen-bond donors (Lipinski definition) is 1. The Morgan fingerprint density at radius 3 is 2.80 bits per heavy atom. The van der Waals surface area contributed by atoms with E-state index >= 15 is 0 Å². The van der Waals surface area contributed by atoms with Crippen LogP contribution in [0.5, 0.6) is 0 Å². The van der Waals surface area contributed by atoms with Gasteiger partial charge >= 0.3 is 0 Å². The zero-order valence-corrected chi connectivity index (χ0v) is 8.80. The third-order valence-corrected chi connectivity index (χ3v) is 3.72. The molecule has 3 rings (SSSR count). The lowest BCUT2D eigenvalue weighted by atomic mass is 9.92. The smallest absolute Gasteiger partial charge is 0.123 e. The Morgan fingerprint density at radius 2 is 2.07 bits per heavy atom. The average Bonchev–Trinajstić information content (AvgIpc) is 2.54. The first kappa shape index (κ1) is 9.34. The maximum absolute atomic E-state index is 13.0. The number of halogens is 1. The Bertz CT molecular complexity index is 371. The molecule has 0 saturated heterocycles. The van der Waals surface area contributed by atoms with E-state index in [1.54, 1.807) is 12.1 Å². The van der Waals surface area contributed by atoms with Crippen LogP contribution in [0.4, 0.5) is 4.39 Å². The van der Waals surface area contributed by atoms with Crippen LogP contribution < -0.4 is 5.32 Å². The van der Waals surface area contributed by atoms with E-state index < -0.39 is 0 Å². The van der Waals surface area contributed by atoms with Gasteiger partial charge in [0.1, 0.15) is 5.82 Å². The lowest BCUT2D eigenvalue weighted by Crippen LogP contribution is -2.37. The minimum Gasteiger partial charge on any atom is -0.307 e. The topological polar surface area (TPSA) is 12.0 Å². The van der Waals surface area contributed by atoms with Crippen LogP contribution in [0.15, 0.2) is 18.2 Å². The molecule has 1 nitrogen and oxygen atoms in total. The Morgan fingerprint density at radius 1 is 1.20 bits per heavy atom. The Balaban J connectivity index is 1.78. The van der Waals surface area contributed by atoms with Crippen LogP contribution >= 0.6 is 0 Å². The van der Waals surface area contributed by atoms with Gasteiger partial charge in [-0.25, -0.2) is 4.39 Å². The number of fused-ring (bicyclic) bond motifs is 1. The predicted octanol–water partition coefficient (Wildman–Crippen LogP) is 2.96. The minimum absolute atomic E-state index is 0.0990. The fourth-order valence-electron chi connectivity index (χ4n) is 2.62. The van der Waals surface area contributed by atoms with Gasteiger partial charge in [-0.15, -0.1) is 0 Å². The van der Waals surface area contributed by atoms with E-state index in [2.05, 4.69) is 5.32 Å². The monoisotopic (exact) mass is 205 g/mol. The van der Waals surface area contributed by atoms with Gasteiger partial charge in [-0.1, -0.05) is 12.5 Å². The summed E-state index contributed by atoms with van der Waals surface area (Å²) in [4.78, 5) is 0. The second-order valence-electron chi connectivity index (χ2n) is 4.73. The van der Waals surface area contributed by atoms with Crippen LogP contribution in [0.2, 0.25) is 0 Å². The van der Waals surface area contributed by atoms with Gasteiger partial charge in [-0.2, -0.15) is 0 Å². The molecule has 1 unspecified atom stereocenters. The van der Waals surface area contributed by atoms with Crippen molar-refractivity contribution in [3.63, 3.8) is 0 Å². The highest BCUT2D eigenvalue weighted by Gasteiger charge is 2.27.